The fourth-order valence-electron chi connectivity index (χ4n) is 1.56. The molecule has 1 aliphatic heterocycles. The minimum atomic E-state index is -0.384. The lowest BCUT2D eigenvalue weighted by Gasteiger charge is -2.28. The van der Waals surface area contributed by atoms with Gasteiger partial charge in [-0.05, 0) is 18.6 Å². The average Bonchev–Trinajstić information content (AvgIpc) is 2.49. The molecule has 1 fully saturated rings. The molecule has 1 saturated heterocycles. The Labute approximate surface area is 82.5 Å². The number of nitrogens with zero attached hydrogens (tertiary/aromatic N) is 2. The fraction of sp³-hybridized carbons (Fsp3) is 0.400. The molecule has 0 spiro atoms. The average molecular weight is 192 g/mol. The molecule has 1 aromatic rings. The minimum Gasteiger partial charge on any atom is -0.447 e. The van der Waals surface area contributed by atoms with E-state index in [2.05, 4.69) is 4.98 Å². The molecule has 1 atom stereocenters. The van der Waals surface area contributed by atoms with Crippen LogP contribution in [0.3, 0.4) is 0 Å². The number of carbonyl (C=O) groups is 1. The molecule has 1 amide bonds. The van der Waals surface area contributed by atoms with Gasteiger partial charge < -0.3 is 4.74 Å². The highest BCUT2D eigenvalue weighted by molar-refractivity contribution is 5.71. The second kappa shape index (κ2) is 2.97. The number of cyclic esters (lactones) is 1. The smallest absolute Gasteiger partial charge is 0.410 e. The van der Waals surface area contributed by atoms with Crippen molar-refractivity contribution in [3.05, 3.63) is 30.1 Å². The molecule has 74 valence electrons. The van der Waals surface area contributed by atoms with Crippen molar-refractivity contribution in [2.75, 3.05) is 13.7 Å². The van der Waals surface area contributed by atoms with Crippen LogP contribution in [-0.2, 0) is 10.3 Å². The number of hydrogen-bond donors (Lipinski definition) is 0. The minimum absolute atomic E-state index is 0.281. The molecule has 1 unspecified atom stereocenters. The Morgan fingerprint density at radius 3 is 2.93 bits per heavy atom. The molecular weight excluding hydrogens is 180 g/mol. The molecule has 0 saturated carbocycles. The number of hydrogen-bond acceptors (Lipinski definition) is 3. The topological polar surface area (TPSA) is 42.4 Å². The zero-order chi connectivity index (χ0) is 10.2. The summed E-state index contributed by atoms with van der Waals surface area (Å²) in [6.07, 6.45) is 3.19. The summed E-state index contributed by atoms with van der Waals surface area (Å²) in [6, 6.07) is 3.81. The van der Waals surface area contributed by atoms with Gasteiger partial charge in [-0.3, -0.25) is 9.88 Å². The SMILES string of the molecule is CN1C(=O)OCC1(C)c1cccnc1. The first kappa shape index (κ1) is 8.99. The number of ether oxygens (including phenoxy) is 1. The standard InChI is InChI=1S/C10H12N2O2/c1-10(7-14-9(13)12(10)2)8-4-3-5-11-6-8/h3-6H,7H2,1-2H3. The van der Waals surface area contributed by atoms with E-state index in [-0.39, 0.29) is 11.6 Å². The number of rotatable bonds is 1. The monoisotopic (exact) mass is 192 g/mol. The lowest BCUT2D eigenvalue weighted by atomic mass is 9.94. The van der Waals surface area contributed by atoms with Gasteiger partial charge in [-0.15, -0.1) is 0 Å². The van der Waals surface area contributed by atoms with Gasteiger partial charge in [0.2, 0.25) is 0 Å². The lowest BCUT2D eigenvalue weighted by molar-refractivity contribution is 0.162. The number of aromatic nitrogens is 1. The van der Waals surface area contributed by atoms with Crippen molar-refractivity contribution in [1.29, 1.82) is 0 Å². The second-order valence-electron chi connectivity index (χ2n) is 3.63. The van der Waals surface area contributed by atoms with Crippen molar-refractivity contribution < 1.29 is 9.53 Å². The highest BCUT2D eigenvalue weighted by Gasteiger charge is 2.42. The fourth-order valence-corrected chi connectivity index (χ4v) is 1.56. The summed E-state index contributed by atoms with van der Waals surface area (Å²) in [4.78, 5) is 16.9. The van der Waals surface area contributed by atoms with E-state index in [1.165, 1.54) is 0 Å². The molecule has 0 N–H and O–H groups in total. The molecule has 0 bridgehead atoms. The van der Waals surface area contributed by atoms with Crippen LogP contribution in [0.1, 0.15) is 12.5 Å². The van der Waals surface area contributed by atoms with Crippen molar-refractivity contribution in [1.82, 2.24) is 9.88 Å². The first-order valence-corrected chi connectivity index (χ1v) is 4.46. The summed E-state index contributed by atoms with van der Waals surface area (Å²) in [5, 5.41) is 0. The van der Waals surface area contributed by atoms with E-state index in [4.69, 9.17) is 4.74 Å². The van der Waals surface area contributed by atoms with Crippen molar-refractivity contribution in [2.24, 2.45) is 0 Å². The molecule has 0 aromatic carbocycles. The van der Waals surface area contributed by atoms with Crippen LogP contribution in [0.15, 0.2) is 24.5 Å². The second-order valence-corrected chi connectivity index (χ2v) is 3.63. The van der Waals surface area contributed by atoms with Crippen LogP contribution in [0.25, 0.3) is 0 Å². The van der Waals surface area contributed by atoms with Gasteiger partial charge in [0.1, 0.15) is 12.1 Å². The van der Waals surface area contributed by atoms with Crippen LogP contribution in [0, 0.1) is 0 Å². The van der Waals surface area contributed by atoms with Crippen LogP contribution in [0.5, 0.6) is 0 Å². The van der Waals surface area contributed by atoms with Gasteiger partial charge in [-0.2, -0.15) is 0 Å². The maximum Gasteiger partial charge on any atom is 0.410 e. The first-order chi connectivity index (χ1) is 6.64. The summed E-state index contributed by atoms with van der Waals surface area (Å²) in [7, 11) is 1.74. The molecule has 4 nitrogen and oxygen atoms in total. The molecule has 0 aliphatic carbocycles. The van der Waals surface area contributed by atoms with Crippen molar-refractivity contribution in [3.63, 3.8) is 0 Å². The third-order valence-electron chi connectivity index (χ3n) is 2.77. The molecule has 1 aliphatic rings. The Morgan fingerprint density at radius 1 is 1.64 bits per heavy atom. The van der Waals surface area contributed by atoms with Gasteiger partial charge in [0.25, 0.3) is 0 Å². The summed E-state index contributed by atoms with van der Waals surface area (Å²) in [5.74, 6) is 0. The van der Waals surface area contributed by atoms with E-state index < -0.39 is 0 Å². The van der Waals surface area contributed by atoms with Gasteiger partial charge in [-0.25, -0.2) is 4.79 Å². The Kier molecular flexibility index (Phi) is 1.91. The van der Waals surface area contributed by atoms with Crippen molar-refractivity contribution in [3.8, 4) is 0 Å². The number of likely N-dealkylation sites (N-methyl/N-ethyl adjacent to an activating group) is 1. The Morgan fingerprint density at radius 2 is 2.43 bits per heavy atom. The molecule has 4 heteroatoms. The zero-order valence-corrected chi connectivity index (χ0v) is 8.23. The van der Waals surface area contributed by atoms with Crippen LogP contribution < -0.4 is 0 Å². The van der Waals surface area contributed by atoms with E-state index in [1.54, 1.807) is 24.3 Å². The quantitative estimate of drug-likeness (QED) is 0.675. The van der Waals surface area contributed by atoms with Gasteiger partial charge in [-0.1, -0.05) is 6.07 Å². The van der Waals surface area contributed by atoms with Crippen LogP contribution in [0.2, 0.25) is 0 Å². The first-order valence-electron chi connectivity index (χ1n) is 4.46. The predicted octanol–water partition coefficient (Wildman–Crippen LogP) is 1.38. The molecule has 2 rings (SSSR count). The molecule has 0 radical (unpaired) electrons. The highest BCUT2D eigenvalue weighted by atomic mass is 16.6. The van der Waals surface area contributed by atoms with Crippen LogP contribution in [-0.4, -0.2) is 29.6 Å². The third kappa shape index (κ3) is 1.14. The van der Waals surface area contributed by atoms with Gasteiger partial charge in [0, 0.05) is 19.4 Å². The Bertz CT molecular complexity index is 352. The van der Waals surface area contributed by atoms with E-state index in [0.717, 1.165) is 5.56 Å². The third-order valence-corrected chi connectivity index (χ3v) is 2.77. The van der Waals surface area contributed by atoms with Gasteiger partial charge in [0.05, 0.1) is 0 Å². The highest BCUT2D eigenvalue weighted by Crippen LogP contribution is 2.32. The Hall–Kier alpha value is -1.58. The van der Waals surface area contributed by atoms with E-state index in [9.17, 15) is 4.79 Å². The largest absolute Gasteiger partial charge is 0.447 e. The number of pyridine rings is 1. The summed E-state index contributed by atoms with van der Waals surface area (Å²) in [5.41, 5.74) is 0.610. The van der Waals surface area contributed by atoms with Gasteiger partial charge in [0.15, 0.2) is 0 Å². The summed E-state index contributed by atoms with van der Waals surface area (Å²) in [6.45, 7) is 2.35. The number of carbonyl (C=O) groups excluding carboxylic acids is 1. The van der Waals surface area contributed by atoms with Crippen LogP contribution >= 0.6 is 0 Å². The molecule has 14 heavy (non-hydrogen) atoms. The molecule has 2 heterocycles. The van der Waals surface area contributed by atoms with E-state index >= 15 is 0 Å². The number of amides is 1. The van der Waals surface area contributed by atoms with Crippen molar-refractivity contribution >= 4 is 6.09 Å². The zero-order valence-electron chi connectivity index (χ0n) is 8.23. The van der Waals surface area contributed by atoms with Gasteiger partial charge >= 0.3 is 6.09 Å². The molecule has 1 aromatic heterocycles. The van der Waals surface area contributed by atoms with E-state index in [1.807, 2.05) is 19.1 Å². The predicted molar refractivity (Wildman–Crippen MR) is 50.7 cm³/mol. The lowest BCUT2D eigenvalue weighted by Crippen LogP contribution is -2.39. The normalized spacial score (nSPS) is 26.4. The maximum atomic E-state index is 11.2. The summed E-state index contributed by atoms with van der Waals surface area (Å²) < 4.78 is 4.99. The van der Waals surface area contributed by atoms with Crippen LogP contribution in [0.4, 0.5) is 4.79 Å². The summed E-state index contributed by atoms with van der Waals surface area (Å²) >= 11 is 0. The Balaban J connectivity index is 2.39. The van der Waals surface area contributed by atoms with Crippen molar-refractivity contribution in [2.45, 2.75) is 12.5 Å². The van der Waals surface area contributed by atoms with E-state index in [0.29, 0.717) is 6.61 Å². The maximum absolute atomic E-state index is 11.2. The molecular formula is C10H12N2O2.